The number of ether oxygens (including phenoxy) is 1. The van der Waals surface area contributed by atoms with E-state index < -0.39 is 5.97 Å². The van der Waals surface area contributed by atoms with Crippen molar-refractivity contribution < 1.29 is 19.1 Å². The monoisotopic (exact) mass is 413 g/mol. The maximum Gasteiger partial charge on any atom is 0.312 e. The lowest BCUT2D eigenvalue weighted by atomic mass is 9.63. The van der Waals surface area contributed by atoms with Crippen molar-refractivity contribution in [1.29, 1.82) is 0 Å². The second kappa shape index (κ2) is 6.91. The fraction of sp³-hybridized carbons (Fsp3) is 0.346. The lowest BCUT2D eigenvalue weighted by Gasteiger charge is -2.37. The first-order valence-electron chi connectivity index (χ1n) is 11.0. The van der Waals surface area contributed by atoms with Gasteiger partial charge < -0.3 is 4.74 Å². The molecular weight excluding hydrogens is 390 g/mol. The summed E-state index contributed by atoms with van der Waals surface area (Å²) in [6.07, 6.45) is 5.46. The molecule has 5 aliphatic rings. The third-order valence-corrected chi connectivity index (χ3v) is 7.49. The molecule has 0 aromatic heterocycles. The number of imide groups is 1. The zero-order valence-electron chi connectivity index (χ0n) is 17.0. The van der Waals surface area contributed by atoms with Gasteiger partial charge in [-0.05, 0) is 53.4 Å². The van der Waals surface area contributed by atoms with E-state index in [4.69, 9.17) is 4.74 Å². The maximum atomic E-state index is 13.0. The van der Waals surface area contributed by atoms with Gasteiger partial charge in [0.05, 0.1) is 18.3 Å². The van der Waals surface area contributed by atoms with Gasteiger partial charge in [0.1, 0.15) is 5.75 Å². The summed E-state index contributed by atoms with van der Waals surface area (Å²) in [5.41, 5.74) is 2.13. The smallest absolute Gasteiger partial charge is 0.312 e. The highest BCUT2D eigenvalue weighted by Gasteiger charge is 2.66. The molecule has 7 rings (SSSR count). The highest BCUT2D eigenvalue weighted by atomic mass is 16.5. The molecule has 0 unspecified atom stereocenters. The molecule has 0 radical (unpaired) electrons. The number of likely N-dealkylation sites (tertiary alicyclic amines) is 1. The van der Waals surface area contributed by atoms with Crippen LogP contribution in [0.5, 0.6) is 5.75 Å². The van der Waals surface area contributed by atoms with Crippen molar-refractivity contribution in [1.82, 2.24) is 4.90 Å². The number of benzene rings is 2. The van der Waals surface area contributed by atoms with Crippen molar-refractivity contribution >= 4 is 17.8 Å². The van der Waals surface area contributed by atoms with Gasteiger partial charge in [0, 0.05) is 6.54 Å². The first-order chi connectivity index (χ1) is 15.1. The highest BCUT2D eigenvalue weighted by molar-refractivity contribution is 6.06. The molecule has 5 nitrogen and oxygen atoms in total. The van der Waals surface area contributed by atoms with Crippen molar-refractivity contribution in [2.45, 2.75) is 12.8 Å². The topological polar surface area (TPSA) is 63.7 Å². The first kappa shape index (κ1) is 18.6. The number of hydrogen-bond donors (Lipinski definition) is 0. The number of carbonyl (C=O) groups excluding carboxylic acids is 3. The van der Waals surface area contributed by atoms with E-state index in [1.54, 1.807) is 12.1 Å². The summed E-state index contributed by atoms with van der Waals surface area (Å²) < 4.78 is 5.43. The molecule has 2 aromatic rings. The van der Waals surface area contributed by atoms with E-state index in [1.165, 1.54) is 4.90 Å². The minimum atomic E-state index is -0.438. The number of carbonyl (C=O) groups is 3. The maximum absolute atomic E-state index is 13.0. The molecule has 1 aliphatic heterocycles. The summed E-state index contributed by atoms with van der Waals surface area (Å²) in [4.78, 5) is 39.6. The number of amides is 2. The fourth-order valence-electron chi connectivity index (χ4n) is 5.97. The zero-order valence-corrected chi connectivity index (χ0v) is 17.0. The Hall–Kier alpha value is -3.21. The molecule has 2 aromatic carbocycles. The van der Waals surface area contributed by atoms with Crippen LogP contribution in [-0.2, 0) is 14.4 Å². The minimum Gasteiger partial charge on any atom is -0.426 e. The average Bonchev–Trinajstić information content (AvgIpc) is 3.58. The first-order valence-corrected chi connectivity index (χ1v) is 11.0. The molecule has 156 valence electrons. The number of allylic oxidation sites excluding steroid dienone is 2. The van der Waals surface area contributed by atoms with Crippen LogP contribution in [0.1, 0.15) is 12.8 Å². The Morgan fingerprint density at radius 1 is 0.839 bits per heavy atom. The van der Waals surface area contributed by atoms with E-state index in [-0.39, 0.29) is 48.5 Å². The predicted octanol–water partition coefficient (Wildman–Crippen LogP) is 3.70. The number of nitrogens with zero attached hydrogens (tertiary/aromatic N) is 1. The second-order valence-electron chi connectivity index (χ2n) is 9.10. The molecule has 2 bridgehead atoms. The van der Waals surface area contributed by atoms with E-state index in [0.717, 1.165) is 17.5 Å². The largest absolute Gasteiger partial charge is 0.426 e. The van der Waals surface area contributed by atoms with Gasteiger partial charge in [-0.2, -0.15) is 0 Å². The van der Waals surface area contributed by atoms with Gasteiger partial charge >= 0.3 is 5.97 Å². The molecule has 2 amide bonds. The van der Waals surface area contributed by atoms with Crippen LogP contribution in [0, 0.1) is 35.5 Å². The number of rotatable bonds is 5. The number of esters is 1. The van der Waals surface area contributed by atoms with Crippen molar-refractivity contribution in [3.8, 4) is 16.9 Å². The van der Waals surface area contributed by atoms with Gasteiger partial charge in [0.25, 0.3) is 0 Å². The Labute approximate surface area is 180 Å². The molecule has 5 heteroatoms. The van der Waals surface area contributed by atoms with Crippen LogP contribution in [0.4, 0.5) is 0 Å². The quantitative estimate of drug-likeness (QED) is 0.325. The van der Waals surface area contributed by atoms with Crippen LogP contribution in [0.15, 0.2) is 66.7 Å². The summed E-state index contributed by atoms with van der Waals surface area (Å²) in [7, 11) is 0. The second-order valence-corrected chi connectivity index (χ2v) is 9.10. The summed E-state index contributed by atoms with van der Waals surface area (Å²) in [6.45, 7) is 0.0976. The average molecular weight is 413 g/mol. The SMILES string of the molecule is O=C(CCN1C(=O)[C@@H]2[C@H]3C=C[C@@H]([C@@H]4C[C@@H]34)[C@H]2C1=O)Oc1ccc(-c2ccccc2)cc1. The van der Waals surface area contributed by atoms with Crippen molar-refractivity contribution in [3.05, 3.63) is 66.7 Å². The Balaban J connectivity index is 1.08. The summed E-state index contributed by atoms with van der Waals surface area (Å²) in [5.74, 6) is 0.966. The van der Waals surface area contributed by atoms with Crippen LogP contribution in [0.3, 0.4) is 0 Å². The van der Waals surface area contributed by atoms with Crippen LogP contribution in [-0.4, -0.2) is 29.2 Å². The molecular formula is C26H23NO4. The van der Waals surface area contributed by atoms with Gasteiger partial charge in [-0.25, -0.2) is 0 Å². The lowest BCUT2D eigenvalue weighted by molar-refractivity contribution is -0.141. The Morgan fingerprint density at radius 3 is 2.03 bits per heavy atom. The Morgan fingerprint density at radius 2 is 1.42 bits per heavy atom. The normalized spacial score (nSPS) is 32.1. The summed E-state index contributed by atoms with van der Waals surface area (Å²) in [6, 6.07) is 17.3. The minimum absolute atomic E-state index is 0.00692. The molecule has 2 saturated carbocycles. The Kier molecular flexibility index (Phi) is 4.13. The predicted molar refractivity (Wildman–Crippen MR) is 114 cm³/mol. The molecule has 1 saturated heterocycles. The van der Waals surface area contributed by atoms with Crippen LogP contribution >= 0.6 is 0 Å². The van der Waals surface area contributed by atoms with Crippen LogP contribution in [0.25, 0.3) is 11.1 Å². The van der Waals surface area contributed by atoms with Crippen LogP contribution in [0.2, 0.25) is 0 Å². The number of hydrogen-bond acceptors (Lipinski definition) is 4. The van der Waals surface area contributed by atoms with Crippen molar-refractivity contribution in [3.63, 3.8) is 0 Å². The zero-order chi connectivity index (χ0) is 21.1. The van der Waals surface area contributed by atoms with E-state index in [9.17, 15) is 14.4 Å². The van der Waals surface area contributed by atoms with Crippen molar-refractivity contribution in [2.75, 3.05) is 6.54 Å². The summed E-state index contributed by atoms with van der Waals surface area (Å²) >= 11 is 0. The standard InChI is InChI=1S/C26H23NO4/c28-22(31-17-8-6-16(7-9-17)15-4-2-1-3-5-15)12-13-27-25(29)23-18-10-11-19(21-14-20(18)21)24(23)26(27)30/h1-11,18-21,23-24H,12-14H2/t18-,19-,20-,21-,23+,24+/m0/s1. The van der Waals surface area contributed by atoms with E-state index in [0.29, 0.717) is 17.6 Å². The summed E-state index contributed by atoms with van der Waals surface area (Å²) in [5, 5.41) is 0. The van der Waals surface area contributed by atoms with Gasteiger partial charge in [-0.1, -0.05) is 54.6 Å². The molecule has 4 aliphatic carbocycles. The van der Waals surface area contributed by atoms with E-state index in [2.05, 4.69) is 12.2 Å². The van der Waals surface area contributed by atoms with E-state index >= 15 is 0 Å². The molecule has 31 heavy (non-hydrogen) atoms. The lowest BCUT2D eigenvalue weighted by Crippen LogP contribution is -2.40. The Bertz CT molecular complexity index is 1050. The molecule has 1 heterocycles. The van der Waals surface area contributed by atoms with Gasteiger partial charge in [-0.15, -0.1) is 0 Å². The van der Waals surface area contributed by atoms with Gasteiger partial charge in [0.2, 0.25) is 11.8 Å². The molecule has 6 atom stereocenters. The third-order valence-electron chi connectivity index (χ3n) is 7.49. The third kappa shape index (κ3) is 2.94. The van der Waals surface area contributed by atoms with Crippen molar-refractivity contribution in [2.24, 2.45) is 35.5 Å². The molecule has 0 N–H and O–H groups in total. The highest BCUT2D eigenvalue weighted by Crippen LogP contribution is 2.65. The fourth-order valence-corrected chi connectivity index (χ4v) is 5.97. The molecule has 3 fully saturated rings. The van der Waals surface area contributed by atoms with E-state index in [1.807, 2.05) is 42.5 Å². The molecule has 0 spiro atoms. The van der Waals surface area contributed by atoms with Gasteiger partial charge in [0.15, 0.2) is 0 Å². The van der Waals surface area contributed by atoms with Gasteiger partial charge in [-0.3, -0.25) is 19.3 Å². The van der Waals surface area contributed by atoms with Crippen LogP contribution < -0.4 is 4.74 Å².